The molecule has 0 saturated heterocycles. The molecule has 0 saturated carbocycles. The van der Waals surface area contributed by atoms with Crippen LogP contribution in [0.3, 0.4) is 0 Å². The largest absolute Gasteiger partial charge is 0.352 e. The monoisotopic (exact) mass is 200 g/mol. The first-order chi connectivity index (χ1) is 6.34. The molecule has 0 fully saturated rings. The van der Waals surface area contributed by atoms with Crippen LogP contribution in [0.4, 0.5) is 0 Å². The lowest BCUT2D eigenvalue weighted by Gasteiger charge is -2.26. The van der Waals surface area contributed by atoms with E-state index in [1.807, 2.05) is 27.9 Å². The maximum absolute atomic E-state index is 11.5. The topological polar surface area (TPSA) is 32.3 Å². The number of rotatable bonds is 5. The van der Waals surface area contributed by atoms with Gasteiger partial charge in [0, 0.05) is 18.5 Å². The number of nitrogens with zero attached hydrogens (tertiary/aromatic N) is 1. The van der Waals surface area contributed by atoms with E-state index >= 15 is 0 Å². The van der Waals surface area contributed by atoms with Crippen LogP contribution in [0.2, 0.25) is 0 Å². The molecule has 1 amide bonds. The van der Waals surface area contributed by atoms with Gasteiger partial charge >= 0.3 is 0 Å². The minimum atomic E-state index is 0.0680. The van der Waals surface area contributed by atoms with Gasteiger partial charge in [0.2, 0.25) is 5.91 Å². The number of carbonyl (C=O) groups is 1. The molecule has 0 aromatic carbocycles. The Morgan fingerprint density at radius 1 is 1.21 bits per heavy atom. The predicted molar refractivity (Wildman–Crippen MR) is 60.2 cm³/mol. The molecule has 0 aliphatic heterocycles. The molecule has 0 unspecified atom stereocenters. The SMILES string of the molecule is CC(C)C(=O)N[C@@H](CN(C)C)C(C)C. The molecule has 0 aliphatic carbocycles. The third-order valence-corrected chi connectivity index (χ3v) is 2.22. The molecule has 0 aromatic heterocycles. The van der Waals surface area contributed by atoms with Gasteiger partial charge < -0.3 is 10.2 Å². The third-order valence-electron chi connectivity index (χ3n) is 2.22. The molecule has 0 spiro atoms. The maximum Gasteiger partial charge on any atom is 0.222 e. The Labute approximate surface area is 87.9 Å². The Morgan fingerprint density at radius 3 is 2.00 bits per heavy atom. The first-order valence-corrected chi connectivity index (χ1v) is 5.29. The molecule has 3 heteroatoms. The van der Waals surface area contributed by atoms with Gasteiger partial charge in [0.15, 0.2) is 0 Å². The minimum absolute atomic E-state index is 0.0680. The molecule has 1 atom stereocenters. The standard InChI is InChI=1S/C11H24N2O/c1-8(2)10(7-13(5)6)12-11(14)9(3)4/h8-10H,7H2,1-6H3,(H,12,14)/t10-/m0/s1. The number of hydrogen-bond acceptors (Lipinski definition) is 2. The summed E-state index contributed by atoms with van der Waals surface area (Å²) >= 11 is 0. The molecular weight excluding hydrogens is 176 g/mol. The van der Waals surface area contributed by atoms with Gasteiger partial charge in [-0.25, -0.2) is 0 Å². The van der Waals surface area contributed by atoms with Crippen molar-refractivity contribution in [2.24, 2.45) is 11.8 Å². The first-order valence-electron chi connectivity index (χ1n) is 5.29. The highest BCUT2D eigenvalue weighted by Crippen LogP contribution is 2.04. The lowest BCUT2D eigenvalue weighted by molar-refractivity contribution is -0.125. The summed E-state index contributed by atoms with van der Waals surface area (Å²) in [6.45, 7) is 9.00. The van der Waals surface area contributed by atoms with Gasteiger partial charge in [0.05, 0.1) is 0 Å². The number of carbonyl (C=O) groups excluding carboxylic acids is 1. The lowest BCUT2D eigenvalue weighted by Crippen LogP contribution is -2.46. The minimum Gasteiger partial charge on any atom is -0.352 e. The summed E-state index contributed by atoms with van der Waals surface area (Å²) in [5.41, 5.74) is 0. The van der Waals surface area contributed by atoms with Gasteiger partial charge in [-0.15, -0.1) is 0 Å². The molecular formula is C11H24N2O. The molecule has 0 bridgehead atoms. The Balaban J connectivity index is 4.16. The second-order valence-electron chi connectivity index (χ2n) is 4.78. The van der Waals surface area contributed by atoms with Crippen molar-refractivity contribution in [3.8, 4) is 0 Å². The molecule has 0 aliphatic rings. The zero-order valence-corrected chi connectivity index (χ0v) is 10.3. The van der Waals surface area contributed by atoms with Crippen molar-refractivity contribution in [3.05, 3.63) is 0 Å². The van der Waals surface area contributed by atoms with E-state index in [1.54, 1.807) is 0 Å². The van der Waals surface area contributed by atoms with Gasteiger partial charge in [0.25, 0.3) is 0 Å². The summed E-state index contributed by atoms with van der Waals surface area (Å²) in [7, 11) is 4.05. The van der Waals surface area contributed by atoms with Crippen LogP contribution in [0.15, 0.2) is 0 Å². The number of nitrogens with one attached hydrogen (secondary N) is 1. The summed E-state index contributed by atoms with van der Waals surface area (Å²) in [5, 5.41) is 3.07. The zero-order valence-electron chi connectivity index (χ0n) is 10.3. The molecule has 0 aromatic rings. The predicted octanol–water partition coefficient (Wildman–Crippen LogP) is 1.34. The van der Waals surface area contributed by atoms with Crippen LogP contribution in [0, 0.1) is 11.8 Å². The Morgan fingerprint density at radius 2 is 1.71 bits per heavy atom. The Kier molecular flexibility index (Phi) is 5.77. The van der Waals surface area contributed by atoms with E-state index in [0.717, 1.165) is 6.54 Å². The first kappa shape index (κ1) is 13.4. The quantitative estimate of drug-likeness (QED) is 0.726. The average molecular weight is 200 g/mol. The van der Waals surface area contributed by atoms with Gasteiger partial charge in [0.1, 0.15) is 0 Å². The van der Waals surface area contributed by atoms with Crippen LogP contribution < -0.4 is 5.32 Å². The third kappa shape index (κ3) is 5.22. The second-order valence-corrected chi connectivity index (χ2v) is 4.78. The summed E-state index contributed by atoms with van der Waals surface area (Å²) in [4.78, 5) is 13.6. The average Bonchev–Trinajstić information content (AvgIpc) is 2.01. The van der Waals surface area contributed by atoms with Crippen molar-refractivity contribution in [1.82, 2.24) is 10.2 Å². The summed E-state index contributed by atoms with van der Waals surface area (Å²) in [5.74, 6) is 0.684. The lowest BCUT2D eigenvalue weighted by atomic mass is 10.0. The maximum atomic E-state index is 11.5. The highest BCUT2D eigenvalue weighted by molar-refractivity contribution is 5.78. The van der Waals surface area contributed by atoms with E-state index in [9.17, 15) is 4.79 Å². The van der Waals surface area contributed by atoms with Crippen molar-refractivity contribution in [3.63, 3.8) is 0 Å². The van der Waals surface area contributed by atoms with E-state index in [2.05, 4.69) is 24.1 Å². The fraction of sp³-hybridized carbons (Fsp3) is 0.909. The van der Waals surface area contributed by atoms with Gasteiger partial charge in [-0.3, -0.25) is 4.79 Å². The van der Waals surface area contributed by atoms with Crippen LogP contribution in [0.5, 0.6) is 0 Å². The smallest absolute Gasteiger partial charge is 0.222 e. The van der Waals surface area contributed by atoms with E-state index < -0.39 is 0 Å². The van der Waals surface area contributed by atoms with E-state index in [1.165, 1.54) is 0 Å². The van der Waals surface area contributed by atoms with E-state index in [-0.39, 0.29) is 17.9 Å². The molecule has 0 radical (unpaired) electrons. The summed E-state index contributed by atoms with van der Waals surface area (Å²) in [6, 6.07) is 0.250. The molecule has 14 heavy (non-hydrogen) atoms. The molecule has 84 valence electrons. The van der Waals surface area contributed by atoms with Gasteiger partial charge in [-0.05, 0) is 20.0 Å². The highest BCUT2D eigenvalue weighted by atomic mass is 16.1. The molecule has 0 heterocycles. The highest BCUT2D eigenvalue weighted by Gasteiger charge is 2.18. The van der Waals surface area contributed by atoms with Crippen molar-refractivity contribution in [2.75, 3.05) is 20.6 Å². The second kappa shape index (κ2) is 6.02. The fourth-order valence-electron chi connectivity index (χ4n) is 1.17. The van der Waals surface area contributed by atoms with Crippen molar-refractivity contribution in [2.45, 2.75) is 33.7 Å². The number of hydrogen-bond donors (Lipinski definition) is 1. The van der Waals surface area contributed by atoms with Crippen molar-refractivity contribution in [1.29, 1.82) is 0 Å². The molecule has 0 rings (SSSR count). The van der Waals surface area contributed by atoms with Crippen LogP contribution in [-0.4, -0.2) is 37.5 Å². The zero-order chi connectivity index (χ0) is 11.3. The molecule has 1 N–H and O–H groups in total. The summed E-state index contributed by atoms with van der Waals surface area (Å²) in [6.07, 6.45) is 0. The van der Waals surface area contributed by atoms with Gasteiger partial charge in [-0.2, -0.15) is 0 Å². The normalized spacial score (nSPS) is 13.8. The number of amides is 1. The summed E-state index contributed by atoms with van der Waals surface area (Å²) < 4.78 is 0. The van der Waals surface area contributed by atoms with Crippen molar-refractivity contribution < 1.29 is 4.79 Å². The van der Waals surface area contributed by atoms with Gasteiger partial charge in [-0.1, -0.05) is 27.7 Å². The van der Waals surface area contributed by atoms with Crippen LogP contribution in [-0.2, 0) is 4.79 Å². The Hall–Kier alpha value is -0.570. The fourth-order valence-corrected chi connectivity index (χ4v) is 1.17. The van der Waals surface area contributed by atoms with E-state index in [4.69, 9.17) is 0 Å². The Bertz CT molecular complexity index is 176. The van der Waals surface area contributed by atoms with Crippen LogP contribution in [0.1, 0.15) is 27.7 Å². The van der Waals surface area contributed by atoms with Crippen LogP contribution in [0.25, 0.3) is 0 Å². The van der Waals surface area contributed by atoms with E-state index in [0.29, 0.717) is 5.92 Å². The van der Waals surface area contributed by atoms with Crippen molar-refractivity contribution >= 4 is 5.91 Å². The number of likely N-dealkylation sites (N-methyl/N-ethyl adjacent to an activating group) is 1. The van der Waals surface area contributed by atoms with Crippen LogP contribution >= 0.6 is 0 Å². The molecule has 3 nitrogen and oxygen atoms in total.